The van der Waals surface area contributed by atoms with Crippen molar-refractivity contribution in [2.24, 2.45) is 5.73 Å². The molecule has 0 radical (unpaired) electrons. The fourth-order valence-electron chi connectivity index (χ4n) is 3.92. The van der Waals surface area contributed by atoms with Crippen molar-refractivity contribution in [1.29, 1.82) is 0 Å². The summed E-state index contributed by atoms with van der Waals surface area (Å²) in [5, 5.41) is 13.5. The van der Waals surface area contributed by atoms with Gasteiger partial charge in [0.15, 0.2) is 0 Å². The first-order valence-corrected chi connectivity index (χ1v) is 9.35. The quantitative estimate of drug-likeness (QED) is 0.552. The number of nitrogens with zero attached hydrogens (tertiary/aromatic N) is 1. The minimum absolute atomic E-state index is 0.169. The Labute approximate surface area is 164 Å². The molecule has 134 valence electrons. The number of aromatic nitrogens is 1. The van der Waals surface area contributed by atoms with E-state index < -0.39 is 5.41 Å². The van der Waals surface area contributed by atoms with Crippen LogP contribution in [-0.4, -0.2) is 16.6 Å². The maximum absolute atomic E-state index is 10.3. The molecule has 4 N–H and O–H groups in total. The fraction of sp³-hybridized carbons (Fsp3) is 0.0952. The maximum atomic E-state index is 10.3. The minimum atomic E-state index is -0.539. The number of phenolic OH excluding ortho intramolecular Hbond substituents is 1. The maximum Gasteiger partial charge on any atom is 0.133 e. The molecule has 1 atom stereocenters. The standard InChI is InChI=1S/C21H16BrN3O2/c22-20-15(26)4-6-17-19(20)21(9-18(23)25-11-21)14-8-12(3-5-16(14)27-17)13-2-1-7-24-10-13/h1-10,25-26H,11,23H2/t21-/m0/s1. The Morgan fingerprint density at radius 2 is 2.00 bits per heavy atom. The van der Waals surface area contributed by atoms with E-state index in [4.69, 9.17) is 10.5 Å². The number of aromatic hydroxyl groups is 1. The summed E-state index contributed by atoms with van der Waals surface area (Å²) in [6.45, 7) is 0.584. The van der Waals surface area contributed by atoms with Crippen LogP contribution in [0.15, 0.2) is 71.2 Å². The smallest absolute Gasteiger partial charge is 0.133 e. The number of nitrogens with two attached hydrogens (primary N) is 1. The van der Waals surface area contributed by atoms with Crippen molar-refractivity contribution in [3.63, 3.8) is 0 Å². The van der Waals surface area contributed by atoms with E-state index in [1.165, 1.54) is 0 Å². The molecule has 3 heterocycles. The summed E-state index contributed by atoms with van der Waals surface area (Å²) < 4.78 is 6.79. The van der Waals surface area contributed by atoms with E-state index in [0.717, 1.165) is 28.0 Å². The first-order valence-electron chi connectivity index (χ1n) is 8.55. The van der Waals surface area contributed by atoms with Gasteiger partial charge < -0.3 is 20.9 Å². The summed E-state index contributed by atoms with van der Waals surface area (Å²) in [6, 6.07) is 13.5. The number of hydrogen-bond donors (Lipinski definition) is 3. The molecule has 2 aliphatic rings. The average Bonchev–Trinajstić information content (AvgIpc) is 3.07. The molecular weight excluding hydrogens is 406 g/mol. The summed E-state index contributed by atoms with van der Waals surface area (Å²) in [5.41, 5.74) is 9.51. The Morgan fingerprint density at radius 3 is 2.74 bits per heavy atom. The van der Waals surface area contributed by atoms with Crippen molar-refractivity contribution in [1.82, 2.24) is 10.3 Å². The van der Waals surface area contributed by atoms with Gasteiger partial charge >= 0.3 is 0 Å². The second-order valence-electron chi connectivity index (χ2n) is 6.75. The summed E-state index contributed by atoms with van der Waals surface area (Å²) in [6.07, 6.45) is 5.60. The minimum Gasteiger partial charge on any atom is -0.507 e. The molecule has 0 aliphatic carbocycles. The van der Waals surface area contributed by atoms with Crippen molar-refractivity contribution in [3.8, 4) is 28.4 Å². The van der Waals surface area contributed by atoms with Crippen molar-refractivity contribution in [3.05, 3.63) is 82.4 Å². The molecule has 1 aromatic heterocycles. The van der Waals surface area contributed by atoms with E-state index in [0.29, 0.717) is 22.6 Å². The van der Waals surface area contributed by atoms with Gasteiger partial charge in [0, 0.05) is 35.6 Å². The van der Waals surface area contributed by atoms with Crippen LogP contribution in [0, 0.1) is 0 Å². The van der Waals surface area contributed by atoms with Crippen LogP contribution in [0.1, 0.15) is 11.1 Å². The third kappa shape index (κ3) is 2.33. The van der Waals surface area contributed by atoms with E-state index in [9.17, 15) is 5.11 Å². The van der Waals surface area contributed by atoms with E-state index in [1.807, 2.05) is 36.5 Å². The molecule has 0 bridgehead atoms. The number of rotatable bonds is 1. The summed E-state index contributed by atoms with van der Waals surface area (Å²) in [5.74, 6) is 2.26. The lowest BCUT2D eigenvalue weighted by atomic mass is 9.72. The van der Waals surface area contributed by atoms with Crippen molar-refractivity contribution in [2.45, 2.75) is 5.41 Å². The van der Waals surface area contributed by atoms with Gasteiger partial charge in [0.05, 0.1) is 15.7 Å². The van der Waals surface area contributed by atoms with Gasteiger partial charge in [-0.2, -0.15) is 0 Å². The van der Waals surface area contributed by atoms with Crippen molar-refractivity contribution in [2.75, 3.05) is 6.54 Å². The van der Waals surface area contributed by atoms with Crippen LogP contribution in [0.2, 0.25) is 0 Å². The van der Waals surface area contributed by atoms with Gasteiger partial charge in [-0.25, -0.2) is 0 Å². The van der Waals surface area contributed by atoms with Crippen LogP contribution >= 0.6 is 15.9 Å². The predicted molar refractivity (Wildman–Crippen MR) is 107 cm³/mol. The van der Waals surface area contributed by atoms with E-state index in [1.54, 1.807) is 18.3 Å². The molecule has 0 saturated heterocycles. The molecule has 0 fully saturated rings. The van der Waals surface area contributed by atoms with Crippen LogP contribution in [-0.2, 0) is 5.41 Å². The molecule has 5 rings (SSSR count). The monoisotopic (exact) mass is 421 g/mol. The summed E-state index contributed by atoms with van der Waals surface area (Å²) in [4.78, 5) is 4.22. The third-order valence-electron chi connectivity index (χ3n) is 5.18. The Bertz CT molecular complexity index is 1100. The summed E-state index contributed by atoms with van der Waals surface area (Å²) >= 11 is 3.55. The van der Waals surface area contributed by atoms with E-state index in [-0.39, 0.29) is 5.75 Å². The normalized spacial score (nSPS) is 19.7. The number of fused-ring (bicyclic) bond motifs is 4. The Kier molecular flexibility index (Phi) is 3.45. The van der Waals surface area contributed by atoms with Crippen molar-refractivity contribution < 1.29 is 9.84 Å². The van der Waals surface area contributed by atoms with Gasteiger partial charge in [-0.15, -0.1) is 0 Å². The highest BCUT2D eigenvalue weighted by molar-refractivity contribution is 9.10. The molecule has 3 aromatic rings. The molecule has 1 spiro atoms. The number of benzene rings is 2. The lowest BCUT2D eigenvalue weighted by Gasteiger charge is -2.36. The highest BCUT2D eigenvalue weighted by Gasteiger charge is 2.45. The third-order valence-corrected chi connectivity index (χ3v) is 5.98. The molecule has 0 saturated carbocycles. The van der Waals surface area contributed by atoms with Gasteiger partial charge in [-0.1, -0.05) is 12.1 Å². The zero-order valence-corrected chi connectivity index (χ0v) is 15.8. The number of ether oxygens (including phenoxy) is 1. The lowest BCUT2D eigenvalue weighted by molar-refractivity contribution is 0.415. The fourth-order valence-corrected chi connectivity index (χ4v) is 4.61. The number of pyridine rings is 1. The van der Waals surface area contributed by atoms with Gasteiger partial charge in [0.25, 0.3) is 0 Å². The van der Waals surface area contributed by atoms with E-state index >= 15 is 0 Å². The molecule has 2 aromatic carbocycles. The topological polar surface area (TPSA) is 80.4 Å². The molecule has 5 nitrogen and oxygen atoms in total. The highest BCUT2D eigenvalue weighted by Crippen LogP contribution is 2.54. The lowest BCUT2D eigenvalue weighted by Crippen LogP contribution is -2.34. The second kappa shape index (κ2) is 5.76. The Morgan fingerprint density at radius 1 is 1.15 bits per heavy atom. The van der Waals surface area contributed by atoms with Crippen molar-refractivity contribution >= 4 is 15.9 Å². The zero-order valence-electron chi connectivity index (χ0n) is 14.2. The van der Waals surface area contributed by atoms with Gasteiger partial charge in [0.2, 0.25) is 0 Å². The SMILES string of the molecule is NC1=C[C@]2(CN1)c1cc(-c3cccnc3)ccc1Oc1ccc(O)c(Br)c12. The predicted octanol–water partition coefficient (Wildman–Crippen LogP) is 4.01. The van der Waals surface area contributed by atoms with Crippen LogP contribution in [0.5, 0.6) is 17.2 Å². The van der Waals surface area contributed by atoms with Crippen LogP contribution in [0.3, 0.4) is 0 Å². The number of nitrogens with one attached hydrogen (secondary N) is 1. The first-order chi connectivity index (χ1) is 13.1. The zero-order chi connectivity index (χ0) is 18.6. The van der Waals surface area contributed by atoms with Crippen LogP contribution < -0.4 is 15.8 Å². The molecule has 6 heteroatoms. The molecule has 27 heavy (non-hydrogen) atoms. The Hall–Kier alpha value is -2.99. The van der Waals surface area contributed by atoms with Gasteiger partial charge in [-0.3, -0.25) is 4.98 Å². The molecule has 0 unspecified atom stereocenters. The second-order valence-corrected chi connectivity index (χ2v) is 7.54. The largest absolute Gasteiger partial charge is 0.507 e. The number of phenols is 1. The average molecular weight is 422 g/mol. The van der Waals surface area contributed by atoms with E-state index in [2.05, 4.69) is 32.3 Å². The Balaban J connectivity index is 1.79. The molecule has 0 amide bonds. The highest BCUT2D eigenvalue weighted by atomic mass is 79.9. The van der Waals surface area contributed by atoms with Gasteiger partial charge in [-0.05, 0) is 57.9 Å². The summed E-state index contributed by atoms with van der Waals surface area (Å²) in [7, 11) is 0. The first kappa shape index (κ1) is 16.2. The number of hydrogen-bond acceptors (Lipinski definition) is 5. The number of halogens is 1. The van der Waals surface area contributed by atoms with Crippen LogP contribution in [0.4, 0.5) is 0 Å². The molecular formula is C21H16BrN3O2. The van der Waals surface area contributed by atoms with Gasteiger partial charge in [0.1, 0.15) is 17.2 Å². The van der Waals surface area contributed by atoms with Crippen LogP contribution in [0.25, 0.3) is 11.1 Å². The molecule has 2 aliphatic heterocycles.